The second-order valence-electron chi connectivity index (χ2n) is 6.70. The Kier molecular flexibility index (Phi) is 6.27. The quantitative estimate of drug-likeness (QED) is 0.715. The largest absolute Gasteiger partial charge is 0.478 e. The Hall–Kier alpha value is -2.09. The molecule has 1 atom stereocenters. The van der Waals surface area contributed by atoms with Gasteiger partial charge in [0.25, 0.3) is 0 Å². The van der Waals surface area contributed by atoms with Crippen molar-refractivity contribution in [1.29, 1.82) is 0 Å². The van der Waals surface area contributed by atoms with Crippen molar-refractivity contribution in [2.75, 3.05) is 11.5 Å². The smallest absolute Gasteiger partial charge is 0.336 e. The van der Waals surface area contributed by atoms with Crippen molar-refractivity contribution in [2.45, 2.75) is 18.9 Å². The summed E-state index contributed by atoms with van der Waals surface area (Å²) in [5.41, 5.74) is -0.863. The average molecular weight is 425 g/mol. The standard InChI is InChI=1S/C20H18ClFO5S/c21-14-3-1-11(2-4-14)19(24)17-15(20(25)26)9-13(10-16(17)22)18(23)12-5-7-28(27)8-6-12/h1-4,9-10,12,18,23H,5-8H2,(H,25,26). The molecule has 0 spiro atoms. The van der Waals surface area contributed by atoms with Crippen LogP contribution in [0.25, 0.3) is 0 Å². The van der Waals surface area contributed by atoms with E-state index < -0.39 is 45.6 Å². The first-order valence-corrected chi connectivity index (χ1v) is 10.5. The molecule has 8 heteroatoms. The predicted molar refractivity (Wildman–Crippen MR) is 104 cm³/mol. The minimum Gasteiger partial charge on any atom is -0.478 e. The number of benzene rings is 2. The first-order valence-electron chi connectivity index (χ1n) is 8.68. The number of carbonyl (C=O) groups is 2. The second-order valence-corrected chi connectivity index (χ2v) is 8.83. The minimum absolute atomic E-state index is 0.0974. The van der Waals surface area contributed by atoms with Crippen LogP contribution in [0, 0.1) is 11.7 Å². The number of halogens is 2. The minimum atomic E-state index is -1.46. The average Bonchev–Trinajstić information content (AvgIpc) is 2.67. The third-order valence-corrected chi connectivity index (χ3v) is 6.53. The summed E-state index contributed by atoms with van der Waals surface area (Å²) in [5.74, 6) is -2.59. The van der Waals surface area contributed by atoms with Crippen molar-refractivity contribution in [1.82, 2.24) is 0 Å². The van der Waals surface area contributed by atoms with E-state index in [9.17, 15) is 28.4 Å². The molecule has 0 bridgehead atoms. The van der Waals surface area contributed by atoms with Crippen molar-refractivity contribution in [3.05, 3.63) is 69.5 Å². The maximum absolute atomic E-state index is 14.8. The zero-order valence-electron chi connectivity index (χ0n) is 14.7. The van der Waals surface area contributed by atoms with Crippen LogP contribution < -0.4 is 0 Å². The number of hydrogen-bond donors (Lipinski definition) is 2. The Bertz CT molecular complexity index is 934. The van der Waals surface area contributed by atoms with Crippen molar-refractivity contribution in [3.8, 4) is 0 Å². The molecular weight excluding hydrogens is 407 g/mol. The van der Waals surface area contributed by atoms with Gasteiger partial charge in [0.2, 0.25) is 0 Å². The molecule has 2 aromatic rings. The Morgan fingerprint density at radius 2 is 1.75 bits per heavy atom. The van der Waals surface area contributed by atoms with Gasteiger partial charge in [-0.25, -0.2) is 9.18 Å². The molecule has 2 N–H and O–H groups in total. The van der Waals surface area contributed by atoms with Crippen LogP contribution in [-0.2, 0) is 10.8 Å². The highest BCUT2D eigenvalue weighted by atomic mass is 35.5. The summed E-state index contributed by atoms with van der Waals surface area (Å²) in [4.78, 5) is 24.4. The first-order chi connectivity index (χ1) is 13.3. The highest BCUT2D eigenvalue weighted by Gasteiger charge is 2.29. The molecule has 1 heterocycles. The van der Waals surface area contributed by atoms with E-state index >= 15 is 0 Å². The molecule has 0 saturated carbocycles. The molecule has 1 saturated heterocycles. The molecule has 1 fully saturated rings. The van der Waals surface area contributed by atoms with E-state index in [0.29, 0.717) is 29.4 Å². The number of aliphatic hydroxyl groups is 1. The van der Waals surface area contributed by atoms with E-state index in [1.807, 2.05) is 0 Å². The third kappa shape index (κ3) is 4.32. The third-order valence-electron chi connectivity index (χ3n) is 4.90. The van der Waals surface area contributed by atoms with E-state index in [2.05, 4.69) is 0 Å². The van der Waals surface area contributed by atoms with Crippen LogP contribution in [0.1, 0.15) is 50.8 Å². The van der Waals surface area contributed by atoms with Gasteiger partial charge in [-0.05, 0) is 60.7 Å². The number of hydrogen-bond acceptors (Lipinski definition) is 4. The Labute approximate surface area is 168 Å². The van der Waals surface area contributed by atoms with Crippen LogP contribution in [0.5, 0.6) is 0 Å². The summed E-state index contributed by atoms with van der Waals surface area (Å²) in [5, 5.41) is 20.5. The van der Waals surface area contributed by atoms with Crippen molar-refractivity contribution >= 4 is 34.2 Å². The molecule has 1 aliphatic heterocycles. The molecule has 5 nitrogen and oxygen atoms in total. The maximum atomic E-state index is 14.8. The monoisotopic (exact) mass is 424 g/mol. The van der Waals surface area contributed by atoms with Crippen LogP contribution in [0.4, 0.5) is 4.39 Å². The molecule has 28 heavy (non-hydrogen) atoms. The summed E-state index contributed by atoms with van der Waals surface area (Å²) in [6.07, 6.45) is -0.0865. The second kappa shape index (κ2) is 8.51. The van der Waals surface area contributed by atoms with Gasteiger partial charge < -0.3 is 10.2 Å². The highest BCUT2D eigenvalue weighted by molar-refractivity contribution is 7.85. The van der Waals surface area contributed by atoms with Gasteiger partial charge in [0.05, 0.1) is 17.2 Å². The molecule has 1 aliphatic rings. The lowest BCUT2D eigenvalue weighted by molar-refractivity contribution is 0.0690. The topological polar surface area (TPSA) is 91.7 Å². The van der Waals surface area contributed by atoms with Gasteiger partial charge >= 0.3 is 5.97 Å². The Morgan fingerprint density at radius 1 is 1.14 bits per heavy atom. The van der Waals surface area contributed by atoms with E-state index in [4.69, 9.17) is 11.6 Å². The number of aromatic carboxylic acids is 1. The fourth-order valence-electron chi connectivity index (χ4n) is 3.34. The highest BCUT2D eigenvalue weighted by Crippen LogP contribution is 2.33. The van der Waals surface area contributed by atoms with Gasteiger partial charge in [-0.1, -0.05) is 11.6 Å². The summed E-state index contributed by atoms with van der Waals surface area (Å²) >= 11 is 5.79. The van der Waals surface area contributed by atoms with Gasteiger partial charge in [-0.3, -0.25) is 9.00 Å². The Balaban J connectivity index is 1.98. The van der Waals surface area contributed by atoms with Gasteiger partial charge in [0.15, 0.2) is 5.78 Å². The lowest BCUT2D eigenvalue weighted by atomic mass is 9.88. The van der Waals surface area contributed by atoms with Crippen molar-refractivity contribution in [3.63, 3.8) is 0 Å². The van der Waals surface area contributed by atoms with Crippen molar-refractivity contribution in [2.24, 2.45) is 5.92 Å². The molecule has 0 aromatic heterocycles. The van der Waals surface area contributed by atoms with Crippen LogP contribution >= 0.6 is 11.6 Å². The normalized spacial score (nSPS) is 20.5. The van der Waals surface area contributed by atoms with E-state index in [-0.39, 0.29) is 17.0 Å². The molecule has 1 unspecified atom stereocenters. The summed E-state index contributed by atoms with van der Waals surface area (Å²) in [6.45, 7) is 0. The lowest BCUT2D eigenvalue weighted by Crippen LogP contribution is -2.24. The van der Waals surface area contributed by atoms with E-state index in [1.165, 1.54) is 24.3 Å². The van der Waals surface area contributed by atoms with Crippen LogP contribution in [0.15, 0.2) is 36.4 Å². The fraction of sp³-hybridized carbons (Fsp3) is 0.300. The van der Waals surface area contributed by atoms with Gasteiger partial charge in [0, 0.05) is 32.9 Å². The molecule has 0 amide bonds. The van der Waals surface area contributed by atoms with E-state index in [0.717, 1.165) is 12.1 Å². The number of carboxylic acids is 1. The van der Waals surface area contributed by atoms with Crippen LogP contribution in [0.2, 0.25) is 5.02 Å². The molecule has 148 valence electrons. The van der Waals surface area contributed by atoms with Gasteiger partial charge in [0.1, 0.15) is 5.82 Å². The number of aliphatic hydroxyl groups excluding tert-OH is 1. The lowest BCUT2D eigenvalue weighted by Gasteiger charge is -2.27. The van der Waals surface area contributed by atoms with Crippen LogP contribution in [-0.4, -0.2) is 37.7 Å². The number of carboxylic acid groups (broad SMARTS) is 1. The molecule has 3 rings (SSSR count). The zero-order valence-corrected chi connectivity index (χ0v) is 16.3. The Morgan fingerprint density at radius 3 is 2.32 bits per heavy atom. The summed E-state index contributed by atoms with van der Waals surface area (Å²) in [7, 11) is -0.916. The SMILES string of the molecule is O=C(O)c1cc(C(O)C2CCS(=O)CC2)cc(F)c1C(=O)c1ccc(Cl)cc1. The summed E-state index contributed by atoms with van der Waals surface area (Å²) in [6, 6.07) is 7.84. The van der Waals surface area contributed by atoms with Gasteiger partial charge in [-0.2, -0.15) is 0 Å². The summed E-state index contributed by atoms with van der Waals surface area (Å²) < 4.78 is 26.3. The number of ketones is 1. The predicted octanol–water partition coefficient (Wildman–Crippen LogP) is 3.60. The zero-order chi connectivity index (χ0) is 20.4. The fourth-order valence-corrected chi connectivity index (χ4v) is 4.80. The molecule has 0 aliphatic carbocycles. The molecular formula is C20H18ClFO5S. The maximum Gasteiger partial charge on any atom is 0.336 e. The molecule has 2 aromatic carbocycles. The number of carbonyl (C=O) groups excluding carboxylic acids is 1. The molecule has 0 radical (unpaired) electrons. The first kappa shape index (κ1) is 20.6. The van der Waals surface area contributed by atoms with E-state index in [1.54, 1.807) is 0 Å². The van der Waals surface area contributed by atoms with Crippen molar-refractivity contribution < 1.29 is 28.4 Å². The van der Waals surface area contributed by atoms with Crippen LogP contribution in [0.3, 0.4) is 0 Å². The number of rotatable bonds is 5. The van der Waals surface area contributed by atoms with Gasteiger partial charge in [-0.15, -0.1) is 0 Å².